The molecule has 25 heavy (non-hydrogen) atoms. The van der Waals surface area contributed by atoms with Crippen molar-refractivity contribution in [3.8, 4) is 0 Å². The molecule has 3 aromatic rings. The summed E-state index contributed by atoms with van der Waals surface area (Å²) in [7, 11) is -5.42. The van der Waals surface area contributed by atoms with Gasteiger partial charge in [0.1, 0.15) is 0 Å². The minimum Gasteiger partial charge on any atom is -0.283 e. The molecule has 0 spiro atoms. The van der Waals surface area contributed by atoms with Gasteiger partial charge >= 0.3 is 8.03 Å². The fourth-order valence-electron chi connectivity index (χ4n) is 2.51. The Bertz CT molecular complexity index is 865. The second-order valence-corrected chi connectivity index (χ2v) is 9.64. The van der Waals surface area contributed by atoms with E-state index in [2.05, 4.69) is 0 Å². The second-order valence-electron chi connectivity index (χ2n) is 5.64. The molecule has 5 heteroatoms. The van der Waals surface area contributed by atoms with Crippen molar-refractivity contribution in [3.05, 3.63) is 96.6 Å². The van der Waals surface area contributed by atoms with E-state index in [1.807, 2.05) is 54.6 Å². The van der Waals surface area contributed by atoms with Crippen LogP contribution >= 0.6 is 15.4 Å². The summed E-state index contributed by atoms with van der Waals surface area (Å²) in [5.41, 5.74) is 1.08. The lowest BCUT2D eigenvalue weighted by Crippen LogP contribution is -2.11. The van der Waals surface area contributed by atoms with Gasteiger partial charge in [0, 0.05) is 11.5 Å². The average molecular weight is 369 g/mol. The summed E-state index contributed by atoms with van der Waals surface area (Å²) in [5, 5.41) is 1.15. The molecule has 0 radical (unpaired) electrons. The van der Waals surface area contributed by atoms with Crippen molar-refractivity contribution in [2.75, 3.05) is 6.16 Å². The molecule has 3 aromatic carbocycles. The minimum absolute atomic E-state index is 0.314. The Morgan fingerprint density at radius 3 is 1.88 bits per heavy atom. The number of benzene rings is 3. The van der Waals surface area contributed by atoms with Gasteiger partial charge in [0.05, 0.1) is 0 Å². The smallest absolute Gasteiger partial charge is 0.283 e. The Kier molecular flexibility index (Phi) is 5.94. The Morgan fingerprint density at radius 1 is 0.760 bits per heavy atom. The van der Waals surface area contributed by atoms with Crippen LogP contribution in [0.4, 0.5) is 0 Å². The molecule has 0 saturated heterocycles. The van der Waals surface area contributed by atoms with Gasteiger partial charge < -0.3 is 0 Å². The summed E-state index contributed by atoms with van der Waals surface area (Å²) in [6.07, 6.45) is 0.917. The van der Waals surface area contributed by atoms with Crippen LogP contribution in [-0.2, 0) is 19.9 Å². The predicted octanol–water partition coefficient (Wildman–Crippen LogP) is 4.92. The molecule has 0 heterocycles. The number of rotatable bonds is 7. The minimum atomic E-state index is -3.24. The maximum absolute atomic E-state index is 13.6. The van der Waals surface area contributed by atoms with Crippen molar-refractivity contribution in [1.82, 2.24) is 0 Å². The zero-order valence-corrected chi connectivity index (χ0v) is 15.5. The fourth-order valence-corrected chi connectivity index (χ4v) is 6.40. The van der Waals surface area contributed by atoms with Gasteiger partial charge in [-0.3, -0.25) is 4.57 Å². The van der Waals surface area contributed by atoms with Crippen molar-refractivity contribution in [2.45, 2.75) is 6.42 Å². The van der Waals surface area contributed by atoms with Gasteiger partial charge in [0.15, 0.2) is 0 Å². The highest BCUT2D eigenvalue weighted by atomic mass is 31.2. The van der Waals surface area contributed by atoms with E-state index in [0.717, 1.165) is 5.56 Å². The Hall–Kier alpha value is -2.05. The van der Waals surface area contributed by atoms with E-state index in [1.165, 1.54) is 0 Å². The molecular weight excluding hydrogens is 350 g/mol. The first kappa shape index (κ1) is 17.8. The Balaban J connectivity index is 1.84. The summed E-state index contributed by atoms with van der Waals surface area (Å²) in [6, 6.07) is 27.8. The maximum Gasteiger partial charge on any atom is 0.555 e. The second kappa shape index (κ2) is 8.36. The van der Waals surface area contributed by atoms with Crippen LogP contribution in [0.15, 0.2) is 91.0 Å². The lowest BCUT2D eigenvalue weighted by atomic mass is 10.2. The molecule has 0 aromatic heterocycles. The summed E-state index contributed by atoms with van der Waals surface area (Å²) >= 11 is 0. The first-order valence-corrected chi connectivity index (χ1v) is 11.1. The van der Waals surface area contributed by atoms with Crippen LogP contribution in [0.1, 0.15) is 5.56 Å². The molecule has 2 atom stereocenters. The zero-order chi connectivity index (χ0) is 17.5. The van der Waals surface area contributed by atoms with E-state index >= 15 is 0 Å². The van der Waals surface area contributed by atoms with Crippen molar-refractivity contribution in [3.63, 3.8) is 0 Å². The van der Waals surface area contributed by atoms with Gasteiger partial charge in [-0.25, -0.2) is 0 Å². The van der Waals surface area contributed by atoms with Crippen LogP contribution in [-0.4, -0.2) is 6.16 Å². The SMILES string of the molecule is O=[P+](OP(=O)(CCc1ccccc1)c1ccccc1)c1ccccc1. The van der Waals surface area contributed by atoms with Crippen LogP contribution in [0.25, 0.3) is 0 Å². The van der Waals surface area contributed by atoms with Gasteiger partial charge in [0.2, 0.25) is 5.30 Å². The van der Waals surface area contributed by atoms with Gasteiger partial charge in [0.25, 0.3) is 7.37 Å². The van der Waals surface area contributed by atoms with Gasteiger partial charge in [-0.2, -0.15) is 0 Å². The van der Waals surface area contributed by atoms with Crippen LogP contribution in [0.3, 0.4) is 0 Å². The van der Waals surface area contributed by atoms with E-state index in [4.69, 9.17) is 4.31 Å². The predicted molar refractivity (Wildman–Crippen MR) is 103 cm³/mol. The van der Waals surface area contributed by atoms with Crippen LogP contribution in [0, 0.1) is 0 Å². The first-order chi connectivity index (χ1) is 12.2. The third-order valence-corrected chi connectivity index (χ3v) is 8.13. The van der Waals surface area contributed by atoms with Gasteiger partial charge in [-0.1, -0.05) is 71.0 Å². The third kappa shape index (κ3) is 4.74. The zero-order valence-electron chi connectivity index (χ0n) is 13.7. The summed E-state index contributed by atoms with van der Waals surface area (Å²) in [4.78, 5) is 0. The number of hydrogen-bond donors (Lipinski definition) is 0. The van der Waals surface area contributed by atoms with E-state index in [9.17, 15) is 9.13 Å². The molecule has 0 saturated carbocycles. The van der Waals surface area contributed by atoms with Crippen LogP contribution < -0.4 is 10.6 Å². The number of aryl methyl sites for hydroxylation is 1. The van der Waals surface area contributed by atoms with E-state index in [1.54, 1.807) is 36.4 Å². The molecular formula is C20H19O3P2+. The molecule has 0 aliphatic rings. The Morgan fingerprint density at radius 2 is 1.28 bits per heavy atom. The van der Waals surface area contributed by atoms with E-state index in [0.29, 0.717) is 23.2 Å². The van der Waals surface area contributed by atoms with Crippen LogP contribution in [0.5, 0.6) is 0 Å². The molecule has 0 amide bonds. The van der Waals surface area contributed by atoms with E-state index in [-0.39, 0.29) is 0 Å². The molecule has 3 rings (SSSR count). The highest BCUT2D eigenvalue weighted by Crippen LogP contribution is 2.53. The van der Waals surface area contributed by atoms with Crippen molar-refractivity contribution in [2.24, 2.45) is 0 Å². The van der Waals surface area contributed by atoms with E-state index < -0.39 is 15.4 Å². The summed E-state index contributed by atoms with van der Waals surface area (Å²) in [5.74, 6) is 0. The molecule has 126 valence electrons. The normalized spacial score (nSPS) is 13.8. The molecule has 0 aliphatic heterocycles. The largest absolute Gasteiger partial charge is 0.555 e. The highest BCUT2D eigenvalue weighted by molar-refractivity contribution is 7.73. The van der Waals surface area contributed by atoms with Crippen molar-refractivity contribution < 1.29 is 13.4 Å². The number of hydrogen-bond acceptors (Lipinski definition) is 3. The van der Waals surface area contributed by atoms with Gasteiger partial charge in [-0.05, 0) is 40.8 Å². The quantitative estimate of drug-likeness (QED) is 0.556. The lowest BCUT2D eigenvalue weighted by Gasteiger charge is -2.12. The molecule has 3 nitrogen and oxygen atoms in total. The third-order valence-electron chi connectivity index (χ3n) is 3.86. The Labute approximate surface area is 149 Å². The molecule has 0 bridgehead atoms. The summed E-state index contributed by atoms with van der Waals surface area (Å²) < 4.78 is 31.9. The van der Waals surface area contributed by atoms with Crippen molar-refractivity contribution in [1.29, 1.82) is 0 Å². The monoisotopic (exact) mass is 369 g/mol. The topological polar surface area (TPSA) is 43.4 Å². The molecule has 0 fully saturated rings. The van der Waals surface area contributed by atoms with Crippen LogP contribution in [0.2, 0.25) is 0 Å². The fraction of sp³-hybridized carbons (Fsp3) is 0.100. The first-order valence-electron chi connectivity index (χ1n) is 8.08. The molecule has 0 N–H and O–H groups in total. The summed E-state index contributed by atoms with van der Waals surface area (Å²) in [6.45, 7) is 0. The van der Waals surface area contributed by atoms with Gasteiger partial charge in [-0.15, -0.1) is 0 Å². The standard InChI is InChI=1S/C20H19O3P2/c21-24(19-12-6-2-7-13-19)23-25(22,20-14-8-3-9-15-20)17-16-18-10-4-1-5-11-18/h1-15H,16-17H2/q+1. The van der Waals surface area contributed by atoms with Crippen molar-refractivity contribution >= 4 is 26.0 Å². The average Bonchev–Trinajstić information content (AvgIpc) is 2.68. The maximum atomic E-state index is 13.6. The highest BCUT2D eigenvalue weighted by Gasteiger charge is 2.38. The molecule has 2 unspecified atom stereocenters. The lowest BCUT2D eigenvalue weighted by molar-refractivity contribution is 0.485. The molecule has 0 aliphatic carbocycles.